The molecule has 4 N–H and O–H groups in total. The molecular formula is C13H17FN2O3. The molecule has 0 spiro atoms. The van der Waals surface area contributed by atoms with E-state index in [0.717, 1.165) is 6.07 Å². The van der Waals surface area contributed by atoms with Crippen LogP contribution >= 0.6 is 0 Å². The standard InChI is InChI=1S/C13H17FN2O3/c1-7(2)5-11(13(18)19)16-12(17)9-4-3-8(15)6-10(9)14/h3-4,6-7,11H,5,15H2,1-2H3,(H,16,17)(H,18,19). The molecule has 6 heteroatoms. The first-order chi connectivity index (χ1) is 8.81. The number of rotatable bonds is 5. The highest BCUT2D eigenvalue weighted by Crippen LogP contribution is 2.13. The van der Waals surface area contributed by atoms with Gasteiger partial charge in [-0.25, -0.2) is 9.18 Å². The number of nitrogen functional groups attached to an aromatic ring is 1. The highest BCUT2D eigenvalue weighted by Gasteiger charge is 2.23. The third-order valence-corrected chi connectivity index (χ3v) is 2.55. The first-order valence-electron chi connectivity index (χ1n) is 5.90. The number of hydrogen-bond acceptors (Lipinski definition) is 3. The number of anilines is 1. The van der Waals surface area contributed by atoms with E-state index in [1.165, 1.54) is 12.1 Å². The summed E-state index contributed by atoms with van der Waals surface area (Å²) in [6.07, 6.45) is 0.275. The van der Waals surface area contributed by atoms with Crippen molar-refractivity contribution in [3.8, 4) is 0 Å². The molecule has 0 aromatic heterocycles. The summed E-state index contributed by atoms with van der Waals surface area (Å²) < 4.78 is 13.5. The molecule has 0 saturated heterocycles. The van der Waals surface area contributed by atoms with Gasteiger partial charge in [0.2, 0.25) is 0 Å². The van der Waals surface area contributed by atoms with Crippen molar-refractivity contribution in [1.82, 2.24) is 5.32 Å². The van der Waals surface area contributed by atoms with E-state index in [1.54, 1.807) is 0 Å². The number of nitrogens with two attached hydrogens (primary N) is 1. The summed E-state index contributed by atoms with van der Waals surface area (Å²) in [5.41, 5.74) is 5.36. The van der Waals surface area contributed by atoms with E-state index in [9.17, 15) is 14.0 Å². The predicted octanol–water partition coefficient (Wildman–Crippen LogP) is 1.64. The number of carbonyl (C=O) groups excluding carboxylic acids is 1. The molecule has 0 saturated carbocycles. The number of halogens is 1. The first-order valence-corrected chi connectivity index (χ1v) is 5.90. The van der Waals surface area contributed by atoms with Crippen LogP contribution in [0.4, 0.5) is 10.1 Å². The zero-order valence-corrected chi connectivity index (χ0v) is 10.8. The fourth-order valence-corrected chi connectivity index (χ4v) is 1.64. The van der Waals surface area contributed by atoms with Gasteiger partial charge in [-0.05, 0) is 30.5 Å². The second-order valence-corrected chi connectivity index (χ2v) is 4.73. The van der Waals surface area contributed by atoms with Crippen molar-refractivity contribution >= 4 is 17.6 Å². The molecule has 0 aliphatic rings. The molecule has 0 bridgehead atoms. The summed E-state index contributed by atoms with van der Waals surface area (Å²) in [7, 11) is 0. The number of aliphatic carboxylic acids is 1. The van der Waals surface area contributed by atoms with Crippen molar-refractivity contribution in [3.63, 3.8) is 0 Å². The van der Waals surface area contributed by atoms with Crippen LogP contribution in [0.5, 0.6) is 0 Å². The van der Waals surface area contributed by atoms with Crippen LogP contribution in [-0.4, -0.2) is 23.0 Å². The van der Waals surface area contributed by atoms with Crippen molar-refractivity contribution in [3.05, 3.63) is 29.6 Å². The van der Waals surface area contributed by atoms with Gasteiger partial charge in [-0.2, -0.15) is 0 Å². The van der Waals surface area contributed by atoms with Crippen molar-refractivity contribution in [1.29, 1.82) is 0 Å². The van der Waals surface area contributed by atoms with Gasteiger partial charge >= 0.3 is 5.97 Å². The van der Waals surface area contributed by atoms with E-state index in [-0.39, 0.29) is 23.6 Å². The zero-order chi connectivity index (χ0) is 14.6. The summed E-state index contributed by atoms with van der Waals surface area (Å²) in [6.45, 7) is 3.68. The lowest BCUT2D eigenvalue weighted by atomic mass is 10.0. The molecule has 19 heavy (non-hydrogen) atoms. The van der Waals surface area contributed by atoms with E-state index in [4.69, 9.17) is 10.8 Å². The average molecular weight is 268 g/mol. The van der Waals surface area contributed by atoms with E-state index in [0.29, 0.717) is 0 Å². The van der Waals surface area contributed by atoms with Crippen LogP contribution in [0.15, 0.2) is 18.2 Å². The van der Waals surface area contributed by atoms with E-state index in [2.05, 4.69) is 5.32 Å². The summed E-state index contributed by atoms with van der Waals surface area (Å²) in [5.74, 6) is -2.58. The fraction of sp³-hybridized carbons (Fsp3) is 0.385. The highest BCUT2D eigenvalue weighted by atomic mass is 19.1. The molecule has 1 atom stereocenters. The molecule has 1 aromatic rings. The molecule has 0 heterocycles. The summed E-state index contributed by atoms with van der Waals surface area (Å²) in [5, 5.41) is 11.3. The minimum atomic E-state index is -1.14. The van der Waals surface area contributed by atoms with Crippen LogP contribution in [0.2, 0.25) is 0 Å². The van der Waals surface area contributed by atoms with Gasteiger partial charge < -0.3 is 16.2 Å². The Balaban J connectivity index is 2.84. The summed E-state index contributed by atoms with van der Waals surface area (Å²) in [4.78, 5) is 22.8. The second-order valence-electron chi connectivity index (χ2n) is 4.73. The maximum Gasteiger partial charge on any atom is 0.326 e. The zero-order valence-electron chi connectivity index (χ0n) is 10.8. The lowest BCUT2D eigenvalue weighted by Gasteiger charge is -2.16. The quantitative estimate of drug-likeness (QED) is 0.708. The van der Waals surface area contributed by atoms with Gasteiger partial charge in [0.05, 0.1) is 5.56 Å². The molecule has 0 radical (unpaired) electrons. The van der Waals surface area contributed by atoms with Gasteiger partial charge in [0.25, 0.3) is 5.91 Å². The molecule has 104 valence electrons. The van der Waals surface area contributed by atoms with Crippen molar-refractivity contribution in [2.75, 3.05) is 5.73 Å². The van der Waals surface area contributed by atoms with Crippen LogP contribution in [0.3, 0.4) is 0 Å². The van der Waals surface area contributed by atoms with E-state index < -0.39 is 23.7 Å². The van der Waals surface area contributed by atoms with Gasteiger partial charge in [0, 0.05) is 5.69 Å². The maximum absolute atomic E-state index is 13.5. The number of carboxylic acid groups (broad SMARTS) is 1. The monoisotopic (exact) mass is 268 g/mol. The van der Waals surface area contributed by atoms with Gasteiger partial charge in [-0.1, -0.05) is 13.8 Å². The van der Waals surface area contributed by atoms with Gasteiger partial charge in [0.15, 0.2) is 0 Å². The van der Waals surface area contributed by atoms with E-state index >= 15 is 0 Å². The minimum absolute atomic E-state index is 0.0951. The lowest BCUT2D eigenvalue weighted by molar-refractivity contribution is -0.139. The molecule has 0 fully saturated rings. The molecule has 0 aliphatic heterocycles. The van der Waals surface area contributed by atoms with Crippen molar-refractivity contribution < 1.29 is 19.1 Å². The van der Waals surface area contributed by atoms with E-state index in [1.807, 2.05) is 13.8 Å². The Kier molecular flexibility index (Phi) is 4.86. The molecule has 5 nitrogen and oxygen atoms in total. The smallest absolute Gasteiger partial charge is 0.326 e. The number of hydrogen-bond donors (Lipinski definition) is 3. The number of carbonyl (C=O) groups is 2. The Labute approximate surface area is 110 Å². The first kappa shape index (κ1) is 14.9. The lowest BCUT2D eigenvalue weighted by Crippen LogP contribution is -2.41. The van der Waals surface area contributed by atoms with Crippen LogP contribution < -0.4 is 11.1 Å². The summed E-state index contributed by atoms with van der Waals surface area (Å²) >= 11 is 0. The third kappa shape index (κ3) is 4.24. The summed E-state index contributed by atoms with van der Waals surface area (Å²) in [6, 6.07) is 2.60. The number of amides is 1. The predicted molar refractivity (Wildman–Crippen MR) is 69.2 cm³/mol. The Morgan fingerprint density at radius 2 is 2.05 bits per heavy atom. The molecule has 1 unspecified atom stereocenters. The minimum Gasteiger partial charge on any atom is -0.480 e. The number of carboxylic acids is 1. The number of benzene rings is 1. The van der Waals surface area contributed by atoms with Gasteiger partial charge in [-0.15, -0.1) is 0 Å². The maximum atomic E-state index is 13.5. The molecule has 1 amide bonds. The van der Waals surface area contributed by atoms with Gasteiger partial charge in [-0.3, -0.25) is 4.79 Å². The molecule has 1 aromatic carbocycles. The van der Waals surface area contributed by atoms with Gasteiger partial charge in [0.1, 0.15) is 11.9 Å². The largest absolute Gasteiger partial charge is 0.480 e. The Morgan fingerprint density at radius 1 is 1.42 bits per heavy atom. The highest BCUT2D eigenvalue weighted by molar-refractivity contribution is 5.97. The van der Waals surface area contributed by atoms with Crippen LogP contribution in [0.25, 0.3) is 0 Å². The van der Waals surface area contributed by atoms with Crippen LogP contribution in [-0.2, 0) is 4.79 Å². The topological polar surface area (TPSA) is 92.4 Å². The van der Waals surface area contributed by atoms with Crippen molar-refractivity contribution in [2.24, 2.45) is 5.92 Å². The van der Waals surface area contributed by atoms with Crippen LogP contribution in [0, 0.1) is 11.7 Å². The number of nitrogens with one attached hydrogen (secondary N) is 1. The normalized spacial score (nSPS) is 12.2. The molecular weight excluding hydrogens is 251 g/mol. The fourth-order valence-electron chi connectivity index (χ4n) is 1.64. The molecule has 1 rings (SSSR count). The Morgan fingerprint density at radius 3 is 2.53 bits per heavy atom. The van der Waals surface area contributed by atoms with Crippen molar-refractivity contribution in [2.45, 2.75) is 26.3 Å². The average Bonchev–Trinajstić information content (AvgIpc) is 2.26. The second kappa shape index (κ2) is 6.17. The van der Waals surface area contributed by atoms with Crippen LogP contribution in [0.1, 0.15) is 30.6 Å². The SMILES string of the molecule is CC(C)CC(NC(=O)c1ccc(N)cc1F)C(=O)O. The Bertz CT molecular complexity index is 489. The third-order valence-electron chi connectivity index (χ3n) is 2.55. The molecule has 0 aliphatic carbocycles. The Hall–Kier alpha value is -2.11.